The van der Waals surface area contributed by atoms with Gasteiger partial charge in [-0.3, -0.25) is 14.1 Å². The second kappa shape index (κ2) is 5.84. The van der Waals surface area contributed by atoms with Gasteiger partial charge in [0, 0.05) is 32.4 Å². The first-order valence-corrected chi connectivity index (χ1v) is 7.37. The summed E-state index contributed by atoms with van der Waals surface area (Å²) in [5.41, 5.74) is 1.79. The van der Waals surface area contributed by atoms with Gasteiger partial charge in [0.2, 0.25) is 0 Å². The molecule has 2 aromatic rings. The molecule has 0 aliphatic carbocycles. The molecule has 1 aliphatic rings. The summed E-state index contributed by atoms with van der Waals surface area (Å²) in [7, 11) is 0. The van der Waals surface area contributed by atoms with E-state index in [1.807, 2.05) is 18.2 Å². The van der Waals surface area contributed by atoms with E-state index < -0.39 is 12.7 Å². The highest BCUT2D eigenvalue weighted by Gasteiger charge is 2.33. The van der Waals surface area contributed by atoms with Crippen LogP contribution in [0.5, 0.6) is 0 Å². The number of fused-ring (bicyclic) bond motifs is 1. The fourth-order valence-electron chi connectivity index (χ4n) is 2.88. The van der Waals surface area contributed by atoms with E-state index in [1.165, 1.54) is 4.90 Å². The number of aryl methyl sites for hydroxylation is 1. The van der Waals surface area contributed by atoms with Crippen molar-refractivity contribution in [2.75, 3.05) is 32.7 Å². The van der Waals surface area contributed by atoms with Crippen LogP contribution < -0.4 is 0 Å². The molecule has 0 unspecified atom stereocenters. The predicted molar refractivity (Wildman–Crippen MR) is 78.3 cm³/mol. The Labute approximate surface area is 131 Å². The molecule has 8 heteroatoms. The van der Waals surface area contributed by atoms with Crippen molar-refractivity contribution in [3.05, 3.63) is 35.8 Å². The van der Waals surface area contributed by atoms with E-state index in [9.17, 15) is 18.0 Å². The number of hydrogen-bond donors (Lipinski definition) is 0. The topological polar surface area (TPSA) is 40.9 Å². The number of carbonyl (C=O) groups is 1. The normalized spacial score (nSPS) is 17.0. The second-order valence-electron chi connectivity index (χ2n) is 5.66. The molecule has 0 aromatic carbocycles. The van der Waals surface area contributed by atoms with Crippen LogP contribution in [-0.4, -0.2) is 64.0 Å². The van der Waals surface area contributed by atoms with Crippen LogP contribution in [0.1, 0.15) is 16.2 Å². The van der Waals surface area contributed by atoms with Crippen LogP contribution in [0, 0.1) is 6.92 Å². The number of carbonyl (C=O) groups excluding carboxylic acids is 1. The lowest BCUT2D eigenvalue weighted by atomic mass is 10.2. The van der Waals surface area contributed by atoms with Gasteiger partial charge >= 0.3 is 6.18 Å². The van der Waals surface area contributed by atoms with Crippen LogP contribution in [-0.2, 0) is 0 Å². The predicted octanol–water partition coefficient (Wildman–Crippen LogP) is 1.96. The van der Waals surface area contributed by atoms with E-state index in [0.717, 1.165) is 0 Å². The standard InChI is InChI=1S/C15H17F3N4O/c1-11-13(22-5-3-2-4-12(22)19-11)14(23)21-8-6-20(7-9-21)10-15(16,17)18/h2-5H,6-10H2,1H3. The zero-order chi connectivity index (χ0) is 16.6. The quantitative estimate of drug-likeness (QED) is 0.847. The molecule has 0 bridgehead atoms. The number of piperazine rings is 1. The number of halogens is 3. The zero-order valence-electron chi connectivity index (χ0n) is 12.7. The molecule has 1 saturated heterocycles. The zero-order valence-corrected chi connectivity index (χ0v) is 12.7. The van der Waals surface area contributed by atoms with Crippen molar-refractivity contribution in [2.45, 2.75) is 13.1 Å². The summed E-state index contributed by atoms with van der Waals surface area (Å²) in [4.78, 5) is 20.0. The third-order valence-corrected chi connectivity index (χ3v) is 3.97. The first-order chi connectivity index (χ1) is 10.8. The van der Waals surface area contributed by atoms with Crippen LogP contribution in [0.25, 0.3) is 5.65 Å². The monoisotopic (exact) mass is 326 g/mol. The van der Waals surface area contributed by atoms with Gasteiger partial charge in [-0.15, -0.1) is 0 Å². The molecule has 0 spiro atoms. The Morgan fingerprint density at radius 2 is 1.91 bits per heavy atom. The van der Waals surface area contributed by atoms with Gasteiger partial charge in [-0.05, 0) is 19.1 Å². The molecule has 0 atom stereocenters. The minimum absolute atomic E-state index is 0.187. The van der Waals surface area contributed by atoms with Crippen LogP contribution in [0.3, 0.4) is 0 Å². The van der Waals surface area contributed by atoms with Crippen LogP contribution >= 0.6 is 0 Å². The van der Waals surface area contributed by atoms with Gasteiger partial charge < -0.3 is 4.90 Å². The van der Waals surface area contributed by atoms with Crippen molar-refractivity contribution >= 4 is 11.6 Å². The maximum atomic E-state index is 12.7. The van der Waals surface area contributed by atoms with Crippen molar-refractivity contribution < 1.29 is 18.0 Å². The second-order valence-corrected chi connectivity index (χ2v) is 5.66. The van der Waals surface area contributed by atoms with Gasteiger partial charge in [-0.25, -0.2) is 4.98 Å². The summed E-state index contributed by atoms with van der Waals surface area (Å²) >= 11 is 0. The Morgan fingerprint density at radius 1 is 1.22 bits per heavy atom. The van der Waals surface area contributed by atoms with Gasteiger partial charge in [-0.2, -0.15) is 13.2 Å². The number of pyridine rings is 1. The fraction of sp³-hybridized carbons (Fsp3) is 0.467. The molecule has 2 aromatic heterocycles. The Hall–Kier alpha value is -2.09. The van der Waals surface area contributed by atoms with Gasteiger partial charge in [0.1, 0.15) is 11.3 Å². The third-order valence-electron chi connectivity index (χ3n) is 3.97. The molecule has 1 aliphatic heterocycles. The number of hydrogen-bond acceptors (Lipinski definition) is 3. The highest BCUT2D eigenvalue weighted by Crippen LogP contribution is 2.19. The van der Waals surface area contributed by atoms with E-state index in [4.69, 9.17) is 0 Å². The highest BCUT2D eigenvalue weighted by atomic mass is 19.4. The minimum Gasteiger partial charge on any atom is -0.335 e. The molecule has 0 saturated carbocycles. The molecule has 3 heterocycles. The maximum absolute atomic E-state index is 12.7. The van der Waals surface area contributed by atoms with Crippen molar-refractivity contribution in [3.8, 4) is 0 Å². The summed E-state index contributed by atoms with van der Waals surface area (Å²) in [6, 6.07) is 5.46. The Kier molecular flexibility index (Phi) is 4.01. The summed E-state index contributed by atoms with van der Waals surface area (Å²) in [5, 5.41) is 0. The van der Waals surface area contributed by atoms with Crippen LogP contribution in [0.2, 0.25) is 0 Å². The molecule has 3 rings (SSSR count). The van der Waals surface area contributed by atoms with E-state index in [-0.39, 0.29) is 32.1 Å². The van der Waals surface area contributed by atoms with Gasteiger partial charge in [-0.1, -0.05) is 6.07 Å². The lowest BCUT2D eigenvalue weighted by molar-refractivity contribution is -0.148. The van der Waals surface area contributed by atoms with Gasteiger partial charge in [0.05, 0.1) is 12.2 Å². The smallest absolute Gasteiger partial charge is 0.335 e. The number of imidazole rings is 1. The average molecular weight is 326 g/mol. The fourth-order valence-corrected chi connectivity index (χ4v) is 2.88. The number of alkyl halides is 3. The Bertz CT molecular complexity index is 717. The maximum Gasteiger partial charge on any atom is 0.401 e. The first-order valence-electron chi connectivity index (χ1n) is 7.37. The van der Waals surface area contributed by atoms with E-state index in [1.54, 1.807) is 22.4 Å². The number of nitrogens with zero attached hydrogens (tertiary/aromatic N) is 4. The van der Waals surface area contributed by atoms with Gasteiger partial charge in [0.25, 0.3) is 5.91 Å². The average Bonchev–Trinajstić information content (AvgIpc) is 2.81. The molecule has 0 radical (unpaired) electrons. The van der Waals surface area contributed by atoms with E-state index in [2.05, 4.69) is 4.98 Å². The van der Waals surface area contributed by atoms with Crippen molar-refractivity contribution in [1.82, 2.24) is 19.2 Å². The molecule has 0 N–H and O–H groups in total. The molecular formula is C15H17F3N4O. The highest BCUT2D eigenvalue weighted by molar-refractivity contribution is 5.94. The number of rotatable bonds is 2. The molecule has 23 heavy (non-hydrogen) atoms. The summed E-state index contributed by atoms with van der Waals surface area (Å²) in [6.45, 7) is 1.86. The SMILES string of the molecule is Cc1nc2ccccn2c1C(=O)N1CCN(CC(F)(F)F)CC1. The molecule has 124 valence electrons. The minimum atomic E-state index is -4.20. The van der Waals surface area contributed by atoms with Crippen molar-refractivity contribution in [1.29, 1.82) is 0 Å². The lowest BCUT2D eigenvalue weighted by Crippen LogP contribution is -2.51. The molecule has 1 fully saturated rings. The summed E-state index contributed by atoms with van der Waals surface area (Å²) in [5.74, 6) is -0.187. The van der Waals surface area contributed by atoms with Gasteiger partial charge in [0.15, 0.2) is 0 Å². The molecule has 1 amide bonds. The molecular weight excluding hydrogens is 309 g/mol. The number of aromatic nitrogens is 2. The summed E-state index contributed by atoms with van der Waals surface area (Å²) < 4.78 is 39.0. The van der Waals surface area contributed by atoms with Crippen molar-refractivity contribution in [3.63, 3.8) is 0 Å². The number of amides is 1. The third kappa shape index (κ3) is 3.31. The Morgan fingerprint density at radius 3 is 2.57 bits per heavy atom. The summed E-state index contributed by atoms with van der Waals surface area (Å²) in [6.07, 6.45) is -2.44. The van der Waals surface area contributed by atoms with Crippen LogP contribution in [0.15, 0.2) is 24.4 Å². The molecule has 5 nitrogen and oxygen atoms in total. The Balaban J connectivity index is 1.73. The van der Waals surface area contributed by atoms with Crippen LogP contribution in [0.4, 0.5) is 13.2 Å². The van der Waals surface area contributed by atoms with E-state index in [0.29, 0.717) is 17.0 Å². The largest absolute Gasteiger partial charge is 0.401 e. The lowest BCUT2D eigenvalue weighted by Gasteiger charge is -2.34. The first kappa shape index (κ1) is 15.8. The van der Waals surface area contributed by atoms with Crippen molar-refractivity contribution in [2.24, 2.45) is 0 Å². The van der Waals surface area contributed by atoms with E-state index >= 15 is 0 Å².